The second kappa shape index (κ2) is 4.13. The summed E-state index contributed by atoms with van der Waals surface area (Å²) in [6.07, 6.45) is 3.97. The van der Waals surface area contributed by atoms with E-state index in [1.165, 1.54) is 5.82 Å². The third-order valence-electron chi connectivity index (χ3n) is 2.28. The molecule has 0 aromatic carbocycles. The lowest BCUT2D eigenvalue weighted by Crippen LogP contribution is -2.37. The monoisotopic (exact) mass is 196 g/mol. The van der Waals surface area contributed by atoms with Gasteiger partial charge in [-0.2, -0.15) is 0 Å². The molecule has 3 heteroatoms. The normalized spacial score (nSPS) is 12.4. The van der Waals surface area contributed by atoms with Crippen LogP contribution in [0.4, 0.5) is 0 Å². The van der Waals surface area contributed by atoms with Gasteiger partial charge in [0.25, 0.3) is 0 Å². The molecule has 0 unspecified atom stereocenters. The molecule has 0 aliphatic rings. The van der Waals surface area contributed by atoms with Gasteiger partial charge in [-0.25, -0.2) is 4.98 Å². The third kappa shape index (κ3) is 3.14. The molecule has 0 bridgehead atoms. The largest absolute Gasteiger partial charge is 0.329 e. The van der Waals surface area contributed by atoms with Crippen molar-refractivity contribution in [3.05, 3.63) is 18.2 Å². The minimum absolute atomic E-state index is 0.512. The molecular formula is C11H22N3+. The molecule has 0 saturated heterocycles. The molecule has 0 aliphatic carbocycles. The van der Waals surface area contributed by atoms with E-state index in [9.17, 15) is 0 Å². The van der Waals surface area contributed by atoms with Gasteiger partial charge in [-0.3, -0.25) is 0 Å². The van der Waals surface area contributed by atoms with Crippen LogP contribution in [-0.4, -0.2) is 41.7 Å². The Labute approximate surface area is 87.0 Å². The van der Waals surface area contributed by atoms with E-state index in [4.69, 9.17) is 0 Å². The van der Waals surface area contributed by atoms with Crippen LogP contribution in [0.3, 0.4) is 0 Å². The Morgan fingerprint density at radius 3 is 2.50 bits per heavy atom. The highest BCUT2D eigenvalue weighted by Gasteiger charge is 2.11. The second-order valence-corrected chi connectivity index (χ2v) is 5.15. The molecule has 1 heterocycles. The molecule has 0 fully saturated rings. The van der Waals surface area contributed by atoms with Crippen LogP contribution >= 0.6 is 0 Å². The lowest BCUT2D eigenvalue weighted by molar-refractivity contribution is -0.871. The number of aromatic nitrogens is 2. The Hall–Kier alpha value is -0.830. The van der Waals surface area contributed by atoms with Crippen molar-refractivity contribution in [3.8, 4) is 0 Å². The molecule has 1 aromatic rings. The Kier molecular flexibility index (Phi) is 3.32. The van der Waals surface area contributed by atoms with Gasteiger partial charge in [-0.15, -0.1) is 0 Å². The number of nitrogens with zero attached hydrogens (tertiary/aromatic N) is 3. The number of rotatable bonds is 4. The quantitative estimate of drug-likeness (QED) is 0.670. The summed E-state index contributed by atoms with van der Waals surface area (Å²) in [4.78, 5) is 4.37. The molecule has 0 saturated carbocycles. The molecule has 80 valence electrons. The molecule has 1 rings (SSSR count). The second-order valence-electron chi connectivity index (χ2n) is 5.15. The van der Waals surface area contributed by atoms with Crippen molar-refractivity contribution in [3.63, 3.8) is 0 Å². The number of imidazole rings is 1. The van der Waals surface area contributed by atoms with E-state index in [0.29, 0.717) is 5.92 Å². The highest BCUT2D eigenvalue weighted by molar-refractivity contribution is 4.97. The van der Waals surface area contributed by atoms with Crippen LogP contribution in [0.25, 0.3) is 0 Å². The van der Waals surface area contributed by atoms with E-state index in [1.54, 1.807) is 0 Å². The van der Waals surface area contributed by atoms with Crippen LogP contribution in [0.2, 0.25) is 0 Å². The number of hydrogen-bond donors (Lipinski definition) is 0. The van der Waals surface area contributed by atoms with Crippen LogP contribution in [0.1, 0.15) is 25.6 Å². The van der Waals surface area contributed by atoms with Gasteiger partial charge < -0.3 is 9.05 Å². The van der Waals surface area contributed by atoms with E-state index in [-0.39, 0.29) is 0 Å². The van der Waals surface area contributed by atoms with Crippen molar-refractivity contribution >= 4 is 0 Å². The molecule has 0 aliphatic heterocycles. The topological polar surface area (TPSA) is 17.8 Å². The minimum Gasteiger partial charge on any atom is -0.329 e. The molecule has 1 aromatic heterocycles. The fraction of sp³-hybridized carbons (Fsp3) is 0.727. The zero-order valence-corrected chi connectivity index (χ0v) is 9.99. The highest BCUT2D eigenvalue weighted by Crippen LogP contribution is 2.11. The van der Waals surface area contributed by atoms with Gasteiger partial charge >= 0.3 is 0 Å². The summed E-state index contributed by atoms with van der Waals surface area (Å²) in [6, 6.07) is 0. The summed E-state index contributed by atoms with van der Waals surface area (Å²) in [5.74, 6) is 1.70. The average molecular weight is 196 g/mol. The van der Waals surface area contributed by atoms with E-state index in [1.807, 2.05) is 6.20 Å². The maximum absolute atomic E-state index is 4.37. The van der Waals surface area contributed by atoms with E-state index in [0.717, 1.165) is 17.6 Å². The third-order valence-corrected chi connectivity index (χ3v) is 2.28. The van der Waals surface area contributed by atoms with E-state index >= 15 is 0 Å². The number of quaternary nitrogens is 1. The van der Waals surface area contributed by atoms with Crippen molar-refractivity contribution < 1.29 is 4.48 Å². The maximum atomic E-state index is 4.37. The summed E-state index contributed by atoms with van der Waals surface area (Å²) in [6.45, 7) is 6.56. The van der Waals surface area contributed by atoms with Gasteiger partial charge in [0, 0.05) is 18.3 Å². The lowest BCUT2D eigenvalue weighted by Gasteiger charge is -2.24. The molecular weight excluding hydrogens is 174 g/mol. The first-order valence-corrected chi connectivity index (χ1v) is 5.21. The Morgan fingerprint density at radius 1 is 1.36 bits per heavy atom. The molecule has 14 heavy (non-hydrogen) atoms. The average Bonchev–Trinajstić information content (AvgIpc) is 2.46. The Morgan fingerprint density at radius 2 is 2.00 bits per heavy atom. The molecule has 0 amide bonds. The van der Waals surface area contributed by atoms with Gasteiger partial charge in [0.15, 0.2) is 0 Å². The SMILES string of the molecule is CC(C)c1nccn1CC[N+](C)(C)C. The lowest BCUT2D eigenvalue weighted by atomic mass is 10.2. The summed E-state index contributed by atoms with van der Waals surface area (Å²) in [5.41, 5.74) is 0. The van der Waals surface area contributed by atoms with E-state index in [2.05, 4.69) is 50.7 Å². The minimum atomic E-state index is 0.512. The van der Waals surface area contributed by atoms with Crippen LogP contribution in [0.5, 0.6) is 0 Å². The summed E-state index contributed by atoms with van der Waals surface area (Å²) < 4.78 is 3.25. The van der Waals surface area contributed by atoms with Crippen molar-refractivity contribution in [1.82, 2.24) is 9.55 Å². The first kappa shape index (κ1) is 11.2. The van der Waals surface area contributed by atoms with Crippen LogP contribution in [0, 0.1) is 0 Å². The summed E-state index contributed by atoms with van der Waals surface area (Å²) >= 11 is 0. The van der Waals surface area contributed by atoms with Crippen molar-refractivity contribution in [1.29, 1.82) is 0 Å². The van der Waals surface area contributed by atoms with E-state index < -0.39 is 0 Å². The van der Waals surface area contributed by atoms with Gasteiger partial charge in [0.05, 0.1) is 34.2 Å². The van der Waals surface area contributed by atoms with Crippen LogP contribution < -0.4 is 0 Å². The summed E-state index contributed by atoms with van der Waals surface area (Å²) in [5, 5.41) is 0. The smallest absolute Gasteiger partial charge is 0.111 e. The molecule has 0 N–H and O–H groups in total. The highest BCUT2D eigenvalue weighted by atomic mass is 15.3. The van der Waals surface area contributed by atoms with Crippen molar-refractivity contribution in [2.75, 3.05) is 27.7 Å². The van der Waals surface area contributed by atoms with Gasteiger partial charge in [0.2, 0.25) is 0 Å². The van der Waals surface area contributed by atoms with Crippen LogP contribution in [0.15, 0.2) is 12.4 Å². The zero-order chi connectivity index (χ0) is 10.8. The van der Waals surface area contributed by atoms with Crippen molar-refractivity contribution in [2.24, 2.45) is 0 Å². The summed E-state index contributed by atoms with van der Waals surface area (Å²) in [7, 11) is 6.64. The van der Waals surface area contributed by atoms with Crippen molar-refractivity contribution in [2.45, 2.75) is 26.3 Å². The predicted octanol–water partition coefficient (Wildman–Crippen LogP) is 1.71. The fourth-order valence-corrected chi connectivity index (χ4v) is 1.42. The standard InChI is InChI=1S/C11H22N3/c1-10(2)11-12-6-7-13(11)8-9-14(3,4)5/h6-7,10H,8-9H2,1-5H3/q+1. The Bertz CT molecular complexity index is 281. The van der Waals surface area contributed by atoms with Gasteiger partial charge in [-0.05, 0) is 0 Å². The fourth-order valence-electron chi connectivity index (χ4n) is 1.42. The molecule has 0 atom stereocenters. The molecule has 0 spiro atoms. The van der Waals surface area contributed by atoms with Crippen LogP contribution in [-0.2, 0) is 6.54 Å². The zero-order valence-electron chi connectivity index (χ0n) is 9.99. The molecule has 3 nitrogen and oxygen atoms in total. The maximum Gasteiger partial charge on any atom is 0.111 e. The number of likely N-dealkylation sites (N-methyl/N-ethyl adjacent to an activating group) is 1. The predicted molar refractivity (Wildman–Crippen MR) is 59.2 cm³/mol. The Balaban J connectivity index is 2.63. The first-order valence-electron chi connectivity index (χ1n) is 5.21. The molecule has 0 radical (unpaired) electrons. The van der Waals surface area contributed by atoms with Gasteiger partial charge in [0.1, 0.15) is 5.82 Å². The number of hydrogen-bond acceptors (Lipinski definition) is 1. The van der Waals surface area contributed by atoms with Gasteiger partial charge in [-0.1, -0.05) is 13.8 Å². The first-order chi connectivity index (χ1) is 6.40.